The van der Waals surface area contributed by atoms with Gasteiger partial charge in [-0.05, 0) is 38.0 Å². The zero-order chi connectivity index (χ0) is 17.8. The Kier molecular flexibility index (Phi) is 5.42. The Bertz CT molecular complexity index is 857. The van der Waals surface area contributed by atoms with Gasteiger partial charge in [0.25, 0.3) is 0 Å². The molecule has 1 aromatic carbocycles. The molecule has 0 aromatic heterocycles. The fraction of sp³-hybridized carbons (Fsp3) is 0.200. The molecule has 1 N–H and O–H groups in total. The Labute approximate surface area is 144 Å². The van der Waals surface area contributed by atoms with Gasteiger partial charge in [0.2, 0.25) is 10.0 Å². The summed E-state index contributed by atoms with van der Waals surface area (Å²) in [7, 11) is -3.59. The molecule has 1 aliphatic heterocycles. The second-order valence-electron chi connectivity index (χ2n) is 5.43. The SMILES string of the molecule is C=C/C=C\C(=C/C)C1(C(/C=C\C)=C/C)NS(=O)(=O)c2ccccc21. The van der Waals surface area contributed by atoms with Gasteiger partial charge in [-0.1, -0.05) is 67.3 Å². The standard InChI is InChI=1S/C20H23NO2S/c1-5-9-13-17(8-4)20(16(7-3)12-6-2)18-14-10-11-15-19(18)24(22,23)21-20/h5-15,21H,1H2,2-4H3/b12-6-,13-9-,16-7+,17-8+. The molecule has 2 rings (SSSR count). The second kappa shape index (κ2) is 7.16. The summed E-state index contributed by atoms with van der Waals surface area (Å²) in [6.07, 6.45) is 13.1. The van der Waals surface area contributed by atoms with Gasteiger partial charge >= 0.3 is 0 Å². The first-order valence-corrected chi connectivity index (χ1v) is 9.35. The molecule has 1 aliphatic rings. The van der Waals surface area contributed by atoms with E-state index >= 15 is 0 Å². The third-order valence-electron chi connectivity index (χ3n) is 4.11. The summed E-state index contributed by atoms with van der Waals surface area (Å²) in [5, 5.41) is 0. The molecule has 1 atom stereocenters. The highest BCUT2D eigenvalue weighted by Crippen LogP contribution is 2.46. The van der Waals surface area contributed by atoms with Crippen LogP contribution in [-0.2, 0) is 15.6 Å². The lowest BCUT2D eigenvalue weighted by molar-refractivity contribution is 0.550. The molecule has 0 bridgehead atoms. The second-order valence-corrected chi connectivity index (χ2v) is 7.09. The normalized spacial score (nSPS) is 23.8. The molecule has 0 radical (unpaired) electrons. The molecule has 126 valence electrons. The Morgan fingerprint density at radius 2 is 1.71 bits per heavy atom. The lowest BCUT2D eigenvalue weighted by atomic mass is 9.76. The zero-order valence-corrected chi connectivity index (χ0v) is 15.1. The molecule has 0 fully saturated rings. The summed E-state index contributed by atoms with van der Waals surface area (Å²) in [5.74, 6) is 0. The van der Waals surface area contributed by atoms with Crippen molar-refractivity contribution in [3.8, 4) is 0 Å². The Balaban J connectivity index is 2.90. The van der Waals surface area contributed by atoms with Crippen LogP contribution in [0.25, 0.3) is 0 Å². The lowest BCUT2D eigenvalue weighted by Crippen LogP contribution is -2.42. The molecule has 0 saturated carbocycles. The average Bonchev–Trinajstić information content (AvgIpc) is 2.82. The van der Waals surface area contributed by atoms with Gasteiger partial charge in [0.1, 0.15) is 5.54 Å². The predicted molar refractivity (Wildman–Crippen MR) is 100 cm³/mol. The number of sulfonamides is 1. The summed E-state index contributed by atoms with van der Waals surface area (Å²) in [4.78, 5) is 0.320. The van der Waals surface area contributed by atoms with Crippen LogP contribution >= 0.6 is 0 Å². The van der Waals surface area contributed by atoms with Crippen molar-refractivity contribution in [2.24, 2.45) is 0 Å². The predicted octanol–water partition coefficient (Wildman–Crippen LogP) is 4.38. The van der Waals surface area contributed by atoms with E-state index in [-0.39, 0.29) is 0 Å². The van der Waals surface area contributed by atoms with Crippen molar-refractivity contribution in [3.63, 3.8) is 0 Å². The van der Waals surface area contributed by atoms with Crippen LogP contribution in [0.1, 0.15) is 26.3 Å². The number of hydrogen-bond donors (Lipinski definition) is 1. The van der Waals surface area contributed by atoms with Gasteiger partial charge in [-0.25, -0.2) is 8.42 Å². The van der Waals surface area contributed by atoms with Crippen LogP contribution in [0.15, 0.2) is 89.4 Å². The highest BCUT2D eigenvalue weighted by Gasteiger charge is 2.49. The monoisotopic (exact) mass is 341 g/mol. The molecule has 1 aromatic rings. The summed E-state index contributed by atoms with van der Waals surface area (Å²) >= 11 is 0. The first-order chi connectivity index (χ1) is 11.5. The van der Waals surface area contributed by atoms with E-state index in [1.165, 1.54) is 0 Å². The minimum Gasteiger partial charge on any atom is -0.207 e. The van der Waals surface area contributed by atoms with Crippen LogP contribution in [0.2, 0.25) is 0 Å². The number of rotatable bonds is 5. The molecular weight excluding hydrogens is 318 g/mol. The molecule has 0 spiro atoms. The van der Waals surface area contributed by atoms with Crippen LogP contribution in [0.3, 0.4) is 0 Å². The molecule has 24 heavy (non-hydrogen) atoms. The van der Waals surface area contributed by atoms with Crippen molar-refractivity contribution in [1.29, 1.82) is 0 Å². The molecule has 4 heteroatoms. The van der Waals surface area contributed by atoms with Crippen LogP contribution in [-0.4, -0.2) is 8.42 Å². The fourth-order valence-corrected chi connectivity index (χ4v) is 4.77. The van der Waals surface area contributed by atoms with Gasteiger partial charge in [-0.15, -0.1) is 0 Å². The van der Waals surface area contributed by atoms with E-state index in [1.807, 2.05) is 69.4 Å². The van der Waals surface area contributed by atoms with Crippen molar-refractivity contribution in [2.75, 3.05) is 0 Å². The number of nitrogens with one attached hydrogen (secondary N) is 1. The minimum atomic E-state index is -3.59. The number of hydrogen-bond acceptors (Lipinski definition) is 2. The summed E-state index contributed by atoms with van der Waals surface area (Å²) in [6, 6.07) is 7.12. The fourth-order valence-electron chi connectivity index (χ4n) is 3.14. The summed E-state index contributed by atoms with van der Waals surface area (Å²) in [6.45, 7) is 9.45. The number of benzene rings is 1. The van der Waals surface area contributed by atoms with E-state index in [9.17, 15) is 8.42 Å². The van der Waals surface area contributed by atoms with E-state index in [0.717, 1.165) is 16.7 Å². The van der Waals surface area contributed by atoms with Crippen LogP contribution in [0, 0.1) is 0 Å². The maximum atomic E-state index is 12.8. The van der Waals surface area contributed by atoms with Crippen molar-refractivity contribution < 1.29 is 8.42 Å². The molecule has 1 heterocycles. The Morgan fingerprint density at radius 1 is 1.08 bits per heavy atom. The minimum absolute atomic E-state index is 0.320. The first-order valence-electron chi connectivity index (χ1n) is 7.86. The zero-order valence-electron chi connectivity index (χ0n) is 14.3. The number of allylic oxidation sites excluding steroid dienone is 5. The number of fused-ring (bicyclic) bond motifs is 1. The van der Waals surface area contributed by atoms with Gasteiger partial charge in [0, 0.05) is 5.56 Å². The van der Waals surface area contributed by atoms with E-state index < -0.39 is 15.6 Å². The summed E-state index contributed by atoms with van der Waals surface area (Å²) in [5.41, 5.74) is 1.52. The Hall–Kier alpha value is -2.17. The van der Waals surface area contributed by atoms with Crippen molar-refractivity contribution in [1.82, 2.24) is 4.72 Å². The molecule has 0 saturated heterocycles. The van der Waals surface area contributed by atoms with Gasteiger partial charge in [-0.3, -0.25) is 0 Å². The average molecular weight is 341 g/mol. The largest absolute Gasteiger partial charge is 0.242 e. The van der Waals surface area contributed by atoms with Gasteiger partial charge in [0.15, 0.2) is 0 Å². The molecule has 0 aliphatic carbocycles. The smallest absolute Gasteiger partial charge is 0.207 e. The van der Waals surface area contributed by atoms with E-state index in [2.05, 4.69) is 11.3 Å². The molecule has 0 amide bonds. The third-order valence-corrected chi connectivity index (χ3v) is 5.62. The van der Waals surface area contributed by atoms with Gasteiger partial charge < -0.3 is 0 Å². The van der Waals surface area contributed by atoms with Crippen molar-refractivity contribution in [2.45, 2.75) is 31.2 Å². The van der Waals surface area contributed by atoms with Crippen LogP contribution < -0.4 is 4.72 Å². The molecule has 1 unspecified atom stereocenters. The topological polar surface area (TPSA) is 46.2 Å². The van der Waals surface area contributed by atoms with Crippen molar-refractivity contribution >= 4 is 10.0 Å². The maximum Gasteiger partial charge on any atom is 0.242 e. The summed E-state index contributed by atoms with van der Waals surface area (Å²) < 4.78 is 28.4. The molecular formula is C20H23NO2S. The van der Waals surface area contributed by atoms with Crippen LogP contribution in [0.5, 0.6) is 0 Å². The van der Waals surface area contributed by atoms with E-state index in [1.54, 1.807) is 18.2 Å². The first kappa shape index (κ1) is 18.2. The Morgan fingerprint density at radius 3 is 2.29 bits per heavy atom. The van der Waals surface area contributed by atoms with Crippen molar-refractivity contribution in [3.05, 3.63) is 90.1 Å². The van der Waals surface area contributed by atoms with E-state index in [0.29, 0.717) is 4.90 Å². The van der Waals surface area contributed by atoms with Crippen LogP contribution in [0.4, 0.5) is 0 Å². The van der Waals surface area contributed by atoms with Gasteiger partial charge in [-0.2, -0.15) is 4.72 Å². The molecule has 3 nitrogen and oxygen atoms in total. The van der Waals surface area contributed by atoms with E-state index in [4.69, 9.17) is 0 Å². The maximum absolute atomic E-state index is 12.8. The quantitative estimate of drug-likeness (QED) is 0.808. The third kappa shape index (κ3) is 2.83. The van der Waals surface area contributed by atoms with Gasteiger partial charge in [0.05, 0.1) is 4.90 Å². The lowest BCUT2D eigenvalue weighted by Gasteiger charge is -2.33. The highest BCUT2D eigenvalue weighted by atomic mass is 32.2. The highest BCUT2D eigenvalue weighted by molar-refractivity contribution is 7.90.